The van der Waals surface area contributed by atoms with E-state index in [1.807, 2.05) is 35.6 Å². The van der Waals surface area contributed by atoms with E-state index >= 15 is 0 Å². The summed E-state index contributed by atoms with van der Waals surface area (Å²) >= 11 is 2.02. The number of nitrogens with zero attached hydrogens (tertiary/aromatic N) is 1. The van der Waals surface area contributed by atoms with Crippen LogP contribution in [0.4, 0.5) is 0 Å². The molecular formula is C12H11IN2O2. The number of hydrogen-bond donors (Lipinski definition) is 1. The second-order valence-corrected chi connectivity index (χ2v) is 4.69. The topological polar surface area (TPSA) is 70.0 Å². The number of carbonyl (C=O) groups excluding carboxylic acids is 2. The van der Waals surface area contributed by atoms with Crippen LogP contribution in [0, 0.1) is 27.7 Å². The lowest BCUT2D eigenvalue weighted by atomic mass is 9.97. The number of nitriles is 1. The van der Waals surface area contributed by atoms with Crippen LogP contribution in [-0.2, 0) is 4.79 Å². The Morgan fingerprint density at radius 3 is 2.65 bits per heavy atom. The predicted molar refractivity (Wildman–Crippen MR) is 71.4 cm³/mol. The van der Waals surface area contributed by atoms with Gasteiger partial charge in [-0.1, -0.05) is 11.6 Å². The van der Waals surface area contributed by atoms with Gasteiger partial charge in [-0.3, -0.25) is 9.59 Å². The number of ketones is 1. The predicted octanol–water partition coefficient (Wildman–Crippen LogP) is 1.67. The molecule has 0 radical (unpaired) electrons. The third kappa shape index (κ3) is 3.03. The molecule has 0 spiro atoms. The first-order chi connectivity index (χ1) is 8.01. The van der Waals surface area contributed by atoms with E-state index in [2.05, 4.69) is 5.32 Å². The smallest absolute Gasteiger partial charge is 0.245 e. The van der Waals surface area contributed by atoms with Gasteiger partial charge in [0.2, 0.25) is 5.91 Å². The summed E-state index contributed by atoms with van der Waals surface area (Å²) in [5.41, 5.74) is 1.34. The number of benzene rings is 1. The summed E-state index contributed by atoms with van der Waals surface area (Å²) in [6.07, 6.45) is 0. The average Bonchev–Trinajstić information content (AvgIpc) is 2.32. The molecule has 0 heterocycles. The summed E-state index contributed by atoms with van der Waals surface area (Å²) in [4.78, 5) is 23.5. The SMILES string of the molecule is CNC(=O)C(C#N)C(=O)c1cc(C)ccc1I. The molecule has 0 aliphatic carbocycles. The molecule has 1 aromatic rings. The van der Waals surface area contributed by atoms with Crippen LogP contribution in [0.5, 0.6) is 0 Å². The molecule has 0 saturated heterocycles. The van der Waals surface area contributed by atoms with E-state index in [9.17, 15) is 9.59 Å². The molecule has 17 heavy (non-hydrogen) atoms. The largest absolute Gasteiger partial charge is 0.358 e. The first-order valence-electron chi connectivity index (χ1n) is 4.92. The zero-order valence-corrected chi connectivity index (χ0v) is 11.6. The summed E-state index contributed by atoms with van der Waals surface area (Å²) in [7, 11) is 1.40. The number of halogens is 1. The van der Waals surface area contributed by atoms with E-state index in [1.54, 1.807) is 18.2 Å². The van der Waals surface area contributed by atoms with Crippen molar-refractivity contribution in [2.24, 2.45) is 5.92 Å². The zero-order valence-electron chi connectivity index (χ0n) is 9.45. The summed E-state index contributed by atoms with van der Waals surface area (Å²) < 4.78 is 0.738. The van der Waals surface area contributed by atoms with Crippen molar-refractivity contribution in [2.45, 2.75) is 6.92 Å². The Morgan fingerprint density at radius 1 is 1.47 bits per heavy atom. The summed E-state index contributed by atoms with van der Waals surface area (Å²) in [6.45, 7) is 1.86. The maximum Gasteiger partial charge on any atom is 0.245 e. The summed E-state index contributed by atoms with van der Waals surface area (Å²) in [5, 5.41) is 11.2. The van der Waals surface area contributed by atoms with E-state index in [4.69, 9.17) is 5.26 Å². The van der Waals surface area contributed by atoms with Gasteiger partial charge < -0.3 is 5.32 Å². The lowest BCUT2D eigenvalue weighted by Crippen LogP contribution is -2.32. The molecule has 1 atom stereocenters. The Balaban J connectivity index is 3.16. The Bertz CT molecular complexity index is 506. The van der Waals surface area contributed by atoms with Gasteiger partial charge in [0, 0.05) is 16.2 Å². The molecule has 0 bridgehead atoms. The summed E-state index contributed by atoms with van der Waals surface area (Å²) in [5.74, 6) is -2.31. The van der Waals surface area contributed by atoms with Crippen molar-refractivity contribution in [3.05, 3.63) is 32.9 Å². The molecule has 1 rings (SSSR count). The molecule has 0 aliphatic rings. The van der Waals surface area contributed by atoms with Crippen molar-refractivity contribution >= 4 is 34.3 Å². The van der Waals surface area contributed by atoms with Crippen LogP contribution in [-0.4, -0.2) is 18.7 Å². The molecule has 1 aromatic carbocycles. The second kappa shape index (κ2) is 5.77. The first kappa shape index (κ1) is 13.6. The van der Waals surface area contributed by atoms with Crippen molar-refractivity contribution < 1.29 is 9.59 Å². The van der Waals surface area contributed by atoms with Crippen molar-refractivity contribution in [3.8, 4) is 6.07 Å². The van der Waals surface area contributed by atoms with Gasteiger partial charge in [0.15, 0.2) is 11.7 Å². The maximum absolute atomic E-state index is 12.1. The van der Waals surface area contributed by atoms with Gasteiger partial charge in [0.05, 0.1) is 6.07 Å². The number of carbonyl (C=O) groups is 2. The van der Waals surface area contributed by atoms with Gasteiger partial charge in [-0.15, -0.1) is 0 Å². The number of rotatable bonds is 3. The van der Waals surface area contributed by atoms with Crippen molar-refractivity contribution in [2.75, 3.05) is 7.05 Å². The molecule has 1 N–H and O–H groups in total. The normalized spacial score (nSPS) is 11.4. The van der Waals surface area contributed by atoms with Crippen LogP contribution >= 0.6 is 22.6 Å². The number of amides is 1. The maximum atomic E-state index is 12.1. The number of Topliss-reactive ketones (excluding diaryl/α,β-unsaturated/α-hetero) is 1. The molecule has 0 saturated carbocycles. The lowest BCUT2D eigenvalue weighted by Gasteiger charge is -2.09. The quantitative estimate of drug-likeness (QED) is 0.516. The highest BCUT2D eigenvalue weighted by Gasteiger charge is 2.27. The van der Waals surface area contributed by atoms with Crippen molar-refractivity contribution in [3.63, 3.8) is 0 Å². The number of nitrogens with one attached hydrogen (secondary N) is 1. The Kier molecular flexibility index (Phi) is 4.63. The van der Waals surface area contributed by atoms with E-state index < -0.39 is 17.6 Å². The molecule has 1 unspecified atom stereocenters. The third-order valence-electron chi connectivity index (χ3n) is 2.29. The first-order valence-corrected chi connectivity index (χ1v) is 6.00. The molecule has 88 valence electrons. The second-order valence-electron chi connectivity index (χ2n) is 3.52. The van der Waals surface area contributed by atoms with Crippen LogP contribution in [0.15, 0.2) is 18.2 Å². The van der Waals surface area contributed by atoms with E-state index in [1.165, 1.54) is 7.05 Å². The van der Waals surface area contributed by atoms with E-state index in [0.29, 0.717) is 5.56 Å². The minimum Gasteiger partial charge on any atom is -0.358 e. The molecule has 0 aliphatic heterocycles. The van der Waals surface area contributed by atoms with Crippen LogP contribution in [0.1, 0.15) is 15.9 Å². The molecular weight excluding hydrogens is 331 g/mol. The van der Waals surface area contributed by atoms with Gasteiger partial charge in [-0.2, -0.15) is 5.26 Å². The van der Waals surface area contributed by atoms with Crippen molar-refractivity contribution in [1.29, 1.82) is 5.26 Å². The highest BCUT2D eigenvalue weighted by molar-refractivity contribution is 14.1. The highest BCUT2D eigenvalue weighted by atomic mass is 127. The van der Waals surface area contributed by atoms with Crippen LogP contribution < -0.4 is 5.32 Å². The zero-order chi connectivity index (χ0) is 13.0. The van der Waals surface area contributed by atoms with Gasteiger partial charge in [0.25, 0.3) is 0 Å². The minimum absolute atomic E-state index is 0.417. The monoisotopic (exact) mass is 342 g/mol. The van der Waals surface area contributed by atoms with Gasteiger partial charge in [-0.05, 0) is 41.6 Å². The molecule has 0 aromatic heterocycles. The van der Waals surface area contributed by atoms with Crippen LogP contribution in [0.25, 0.3) is 0 Å². The summed E-state index contributed by atoms with van der Waals surface area (Å²) in [6, 6.07) is 7.09. The average molecular weight is 342 g/mol. The molecule has 4 nitrogen and oxygen atoms in total. The van der Waals surface area contributed by atoms with Gasteiger partial charge in [0.1, 0.15) is 0 Å². The van der Waals surface area contributed by atoms with E-state index in [0.717, 1.165) is 9.13 Å². The third-order valence-corrected chi connectivity index (χ3v) is 3.23. The molecule has 5 heteroatoms. The highest BCUT2D eigenvalue weighted by Crippen LogP contribution is 2.18. The fourth-order valence-corrected chi connectivity index (χ4v) is 1.97. The van der Waals surface area contributed by atoms with Gasteiger partial charge in [-0.25, -0.2) is 0 Å². The standard InChI is InChI=1S/C12H11IN2O2/c1-7-3-4-10(13)8(5-7)11(16)9(6-14)12(17)15-2/h3-5,9H,1-2H3,(H,15,17). The fraction of sp³-hybridized carbons (Fsp3) is 0.250. The fourth-order valence-electron chi connectivity index (χ4n) is 1.36. The lowest BCUT2D eigenvalue weighted by molar-refractivity contribution is -0.121. The van der Waals surface area contributed by atoms with Gasteiger partial charge >= 0.3 is 0 Å². The Morgan fingerprint density at radius 2 is 2.12 bits per heavy atom. The van der Waals surface area contributed by atoms with Crippen LogP contribution in [0.2, 0.25) is 0 Å². The van der Waals surface area contributed by atoms with Crippen molar-refractivity contribution in [1.82, 2.24) is 5.32 Å². The molecule has 0 fully saturated rings. The Labute approximate surface area is 113 Å². The Hall–Kier alpha value is -1.42. The molecule has 1 amide bonds. The number of hydrogen-bond acceptors (Lipinski definition) is 3. The van der Waals surface area contributed by atoms with E-state index in [-0.39, 0.29) is 0 Å². The van der Waals surface area contributed by atoms with Crippen LogP contribution in [0.3, 0.4) is 0 Å². The minimum atomic E-state index is -1.28. The number of aryl methyl sites for hydroxylation is 1.